The molecule has 0 radical (unpaired) electrons. The van der Waals surface area contributed by atoms with Gasteiger partial charge in [0.25, 0.3) is 0 Å². The van der Waals surface area contributed by atoms with Crippen molar-refractivity contribution >= 4 is 5.91 Å². The molecular weight excluding hydrogens is 316 g/mol. The standard InChI is InChI=1S/C18H26N6O/c1-3-16(25)24-8-4-14-17(21-13-20-14)18(24)5-9-23(10-6-18)12-15-19-7-11-22(15)2/h7,11,13H,3-6,8-10,12H2,1-2H3,(H,20,21). The number of amides is 1. The number of aromatic amines is 1. The van der Waals surface area contributed by atoms with Crippen LogP contribution in [0.2, 0.25) is 0 Å². The van der Waals surface area contributed by atoms with Crippen molar-refractivity contribution in [2.45, 2.75) is 44.7 Å². The average molecular weight is 342 g/mol. The number of nitrogens with zero attached hydrogens (tertiary/aromatic N) is 5. The van der Waals surface area contributed by atoms with Crippen LogP contribution in [0, 0.1) is 0 Å². The van der Waals surface area contributed by atoms with Crippen molar-refractivity contribution in [1.29, 1.82) is 0 Å². The summed E-state index contributed by atoms with van der Waals surface area (Å²) < 4.78 is 2.07. The molecule has 0 unspecified atom stereocenters. The van der Waals surface area contributed by atoms with Gasteiger partial charge in [-0.05, 0) is 12.8 Å². The van der Waals surface area contributed by atoms with Gasteiger partial charge in [0.05, 0.1) is 24.1 Å². The third-order valence-corrected chi connectivity index (χ3v) is 5.83. The summed E-state index contributed by atoms with van der Waals surface area (Å²) in [5.74, 6) is 1.33. The summed E-state index contributed by atoms with van der Waals surface area (Å²) in [5, 5.41) is 0. The summed E-state index contributed by atoms with van der Waals surface area (Å²) in [4.78, 5) is 29.5. The van der Waals surface area contributed by atoms with Crippen LogP contribution in [0.3, 0.4) is 0 Å². The molecule has 4 rings (SSSR count). The summed E-state index contributed by atoms with van der Waals surface area (Å²) in [7, 11) is 2.03. The molecule has 0 saturated carbocycles. The Labute approximate surface area is 148 Å². The lowest BCUT2D eigenvalue weighted by Crippen LogP contribution is -2.58. The third-order valence-electron chi connectivity index (χ3n) is 5.83. The molecule has 2 aliphatic rings. The van der Waals surface area contributed by atoms with Gasteiger partial charge in [-0.15, -0.1) is 0 Å². The van der Waals surface area contributed by atoms with Crippen LogP contribution in [-0.2, 0) is 30.3 Å². The number of hydrogen-bond donors (Lipinski definition) is 1. The number of aryl methyl sites for hydroxylation is 1. The summed E-state index contributed by atoms with van der Waals surface area (Å²) in [6.45, 7) is 5.50. The Morgan fingerprint density at radius 3 is 2.76 bits per heavy atom. The molecule has 2 aromatic rings. The summed E-state index contributed by atoms with van der Waals surface area (Å²) >= 11 is 0. The van der Waals surface area contributed by atoms with Gasteiger partial charge in [0.2, 0.25) is 5.91 Å². The zero-order valence-electron chi connectivity index (χ0n) is 15.0. The van der Waals surface area contributed by atoms with E-state index in [0.29, 0.717) is 6.42 Å². The number of carbonyl (C=O) groups is 1. The molecule has 7 heteroatoms. The highest BCUT2D eigenvalue weighted by atomic mass is 16.2. The molecule has 0 aliphatic carbocycles. The first-order valence-corrected chi connectivity index (χ1v) is 9.16. The van der Waals surface area contributed by atoms with E-state index in [2.05, 4.69) is 29.3 Å². The molecule has 2 aliphatic heterocycles. The molecule has 1 fully saturated rings. The topological polar surface area (TPSA) is 70.1 Å². The zero-order valence-corrected chi connectivity index (χ0v) is 15.0. The van der Waals surface area contributed by atoms with Crippen LogP contribution in [-0.4, -0.2) is 54.9 Å². The van der Waals surface area contributed by atoms with Crippen molar-refractivity contribution in [3.63, 3.8) is 0 Å². The Balaban J connectivity index is 1.56. The SMILES string of the molecule is CCC(=O)N1CCc2[nH]cnc2C12CCN(Cc1nccn1C)CC2. The van der Waals surface area contributed by atoms with E-state index in [1.54, 1.807) is 6.33 Å². The maximum Gasteiger partial charge on any atom is 0.223 e. The first-order chi connectivity index (χ1) is 12.1. The predicted molar refractivity (Wildman–Crippen MR) is 93.7 cm³/mol. The molecule has 25 heavy (non-hydrogen) atoms. The van der Waals surface area contributed by atoms with Gasteiger partial charge in [-0.2, -0.15) is 0 Å². The lowest BCUT2D eigenvalue weighted by atomic mass is 9.78. The minimum absolute atomic E-state index is 0.237. The number of hydrogen-bond acceptors (Lipinski definition) is 4. The number of rotatable bonds is 3. The highest BCUT2D eigenvalue weighted by molar-refractivity contribution is 5.77. The Morgan fingerprint density at radius 2 is 2.08 bits per heavy atom. The summed E-state index contributed by atoms with van der Waals surface area (Å²) in [6, 6.07) is 0. The maximum absolute atomic E-state index is 12.6. The van der Waals surface area contributed by atoms with E-state index >= 15 is 0 Å². The molecule has 4 heterocycles. The van der Waals surface area contributed by atoms with Gasteiger partial charge in [0.15, 0.2) is 0 Å². The first-order valence-electron chi connectivity index (χ1n) is 9.16. The van der Waals surface area contributed by atoms with Crippen molar-refractivity contribution in [1.82, 2.24) is 29.3 Å². The molecule has 0 atom stereocenters. The number of fused-ring (bicyclic) bond motifs is 2. The number of carbonyl (C=O) groups excluding carboxylic acids is 1. The Hall–Kier alpha value is -2.15. The number of piperidine rings is 1. The number of H-pyrrole nitrogens is 1. The normalized spacial score (nSPS) is 20.0. The van der Waals surface area contributed by atoms with Crippen LogP contribution in [0.15, 0.2) is 18.7 Å². The van der Waals surface area contributed by atoms with Crippen LogP contribution in [0.1, 0.15) is 43.4 Å². The average Bonchev–Trinajstić information content (AvgIpc) is 3.26. The number of imidazole rings is 2. The van der Waals surface area contributed by atoms with Gasteiger partial charge in [0, 0.05) is 57.6 Å². The fraction of sp³-hybridized carbons (Fsp3) is 0.611. The first kappa shape index (κ1) is 16.3. The van der Waals surface area contributed by atoms with Crippen molar-refractivity contribution in [2.24, 2.45) is 7.05 Å². The van der Waals surface area contributed by atoms with Gasteiger partial charge in [0.1, 0.15) is 5.82 Å². The van der Waals surface area contributed by atoms with E-state index in [0.717, 1.165) is 57.0 Å². The highest BCUT2D eigenvalue weighted by Crippen LogP contribution is 2.42. The fourth-order valence-electron chi connectivity index (χ4n) is 4.37. The van der Waals surface area contributed by atoms with Crippen LogP contribution in [0.5, 0.6) is 0 Å². The van der Waals surface area contributed by atoms with Crippen LogP contribution in [0.4, 0.5) is 0 Å². The smallest absolute Gasteiger partial charge is 0.223 e. The van der Waals surface area contributed by atoms with E-state index in [1.807, 2.05) is 26.4 Å². The lowest BCUT2D eigenvalue weighted by Gasteiger charge is -2.50. The minimum Gasteiger partial charge on any atom is -0.348 e. The largest absolute Gasteiger partial charge is 0.348 e. The van der Waals surface area contributed by atoms with Crippen LogP contribution >= 0.6 is 0 Å². The molecule has 1 spiro atoms. The van der Waals surface area contributed by atoms with Gasteiger partial charge >= 0.3 is 0 Å². The van der Waals surface area contributed by atoms with E-state index in [-0.39, 0.29) is 11.4 Å². The molecule has 2 aromatic heterocycles. The molecule has 1 N–H and O–H groups in total. The van der Waals surface area contributed by atoms with Crippen LogP contribution < -0.4 is 0 Å². The number of likely N-dealkylation sites (tertiary alicyclic amines) is 1. The predicted octanol–water partition coefficient (Wildman–Crippen LogP) is 1.43. The summed E-state index contributed by atoms with van der Waals surface area (Å²) in [5.41, 5.74) is 2.06. The zero-order chi connectivity index (χ0) is 17.4. The molecule has 1 saturated heterocycles. The van der Waals surface area contributed by atoms with Gasteiger partial charge < -0.3 is 14.5 Å². The molecule has 1 amide bonds. The second-order valence-corrected chi connectivity index (χ2v) is 7.14. The van der Waals surface area contributed by atoms with Gasteiger partial charge in [-0.25, -0.2) is 9.97 Å². The summed E-state index contributed by atoms with van der Waals surface area (Å²) in [6.07, 6.45) is 8.91. The second kappa shape index (κ2) is 6.29. The van der Waals surface area contributed by atoms with Crippen LogP contribution in [0.25, 0.3) is 0 Å². The van der Waals surface area contributed by atoms with Crippen molar-refractivity contribution in [3.05, 3.63) is 35.9 Å². The van der Waals surface area contributed by atoms with Gasteiger partial charge in [-0.3, -0.25) is 9.69 Å². The van der Waals surface area contributed by atoms with E-state index < -0.39 is 0 Å². The quantitative estimate of drug-likeness (QED) is 0.916. The van der Waals surface area contributed by atoms with Crippen molar-refractivity contribution < 1.29 is 4.79 Å². The van der Waals surface area contributed by atoms with Crippen molar-refractivity contribution in [2.75, 3.05) is 19.6 Å². The Morgan fingerprint density at radius 1 is 1.28 bits per heavy atom. The van der Waals surface area contributed by atoms with Crippen molar-refractivity contribution in [3.8, 4) is 0 Å². The van der Waals surface area contributed by atoms with E-state index in [1.165, 1.54) is 5.69 Å². The minimum atomic E-state index is -0.237. The maximum atomic E-state index is 12.6. The number of aromatic nitrogens is 4. The second-order valence-electron chi connectivity index (χ2n) is 7.14. The van der Waals surface area contributed by atoms with Gasteiger partial charge in [-0.1, -0.05) is 6.92 Å². The molecule has 134 valence electrons. The highest BCUT2D eigenvalue weighted by Gasteiger charge is 2.48. The Bertz CT molecular complexity index is 755. The fourth-order valence-corrected chi connectivity index (χ4v) is 4.37. The Kier molecular flexibility index (Phi) is 4.11. The molecule has 0 bridgehead atoms. The lowest BCUT2D eigenvalue weighted by molar-refractivity contribution is -0.141. The monoisotopic (exact) mass is 342 g/mol. The number of nitrogens with one attached hydrogen (secondary N) is 1. The molecule has 0 aromatic carbocycles. The molecule has 7 nitrogen and oxygen atoms in total. The van der Waals surface area contributed by atoms with E-state index in [4.69, 9.17) is 0 Å². The van der Waals surface area contributed by atoms with E-state index in [9.17, 15) is 4.79 Å². The third kappa shape index (κ3) is 2.66. The molecular formula is C18H26N6O.